The minimum Gasteiger partial charge on any atom is -0.390 e. The van der Waals surface area contributed by atoms with Crippen molar-refractivity contribution >= 4 is 0 Å². The van der Waals surface area contributed by atoms with Crippen LogP contribution in [0.2, 0.25) is 0 Å². The zero-order valence-corrected chi connectivity index (χ0v) is 16.0. The topological polar surface area (TPSA) is 58.3 Å². The average Bonchev–Trinajstić information content (AvgIpc) is 2.60. The minimum atomic E-state index is -0.831. The Balaban J connectivity index is 1.96. The fourth-order valence-electron chi connectivity index (χ4n) is 3.35. The van der Waals surface area contributed by atoms with Gasteiger partial charge in [-0.1, -0.05) is 37.3 Å². The number of benzene rings is 1. The molecule has 0 aromatic heterocycles. The molecule has 4 N–H and O–H groups in total. The van der Waals surface area contributed by atoms with E-state index in [1.165, 1.54) is 12.1 Å². The second-order valence-corrected chi connectivity index (χ2v) is 7.28. The fraction of sp³-hybridized carbons (Fsp3) is 0.455. The van der Waals surface area contributed by atoms with Crippen LogP contribution >= 0.6 is 0 Å². The van der Waals surface area contributed by atoms with Gasteiger partial charge in [-0.2, -0.15) is 0 Å². The highest BCUT2D eigenvalue weighted by molar-refractivity contribution is 5.40. The first-order valence-corrected chi connectivity index (χ1v) is 9.49. The molecule has 1 aliphatic carbocycles. The highest BCUT2D eigenvalue weighted by Gasteiger charge is 2.24. The van der Waals surface area contributed by atoms with Gasteiger partial charge in [-0.25, -0.2) is 8.78 Å². The molecule has 1 fully saturated rings. The van der Waals surface area contributed by atoms with Gasteiger partial charge in [0.1, 0.15) is 11.6 Å². The summed E-state index contributed by atoms with van der Waals surface area (Å²) in [6.45, 7) is 10.6. The summed E-state index contributed by atoms with van der Waals surface area (Å²) in [4.78, 5) is 0. The molecule has 2 rings (SSSR count). The lowest BCUT2D eigenvalue weighted by atomic mass is 9.85. The molecular formula is C22H30F2N2O. The number of hydrogen-bond acceptors (Lipinski definition) is 3. The van der Waals surface area contributed by atoms with Crippen molar-refractivity contribution in [3.63, 3.8) is 0 Å². The molecule has 0 aliphatic heterocycles. The Morgan fingerprint density at radius 1 is 1.37 bits per heavy atom. The van der Waals surface area contributed by atoms with E-state index in [0.29, 0.717) is 12.1 Å². The normalized spacial score (nSPS) is 21.3. The fourth-order valence-corrected chi connectivity index (χ4v) is 3.35. The van der Waals surface area contributed by atoms with Gasteiger partial charge in [0, 0.05) is 24.7 Å². The molecular weight excluding hydrogens is 346 g/mol. The Hall–Kier alpha value is -1.82. The Morgan fingerprint density at radius 3 is 2.67 bits per heavy atom. The van der Waals surface area contributed by atoms with E-state index >= 15 is 0 Å². The van der Waals surface area contributed by atoms with E-state index in [1.807, 2.05) is 0 Å². The zero-order valence-electron chi connectivity index (χ0n) is 16.0. The van der Waals surface area contributed by atoms with Gasteiger partial charge in [0.25, 0.3) is 0 Å². The largest absolute Gasteiger partial charge is 0.390 e. The first-order chi connectivity index (χ1) is 12.8. The van der Waals surface area contributed by atoms with E-state index in [4.69, 9.17) is 5.73 Å². The van der Waals surface area contributed by atoms with Gasteiger partial charge in [-0.3, -0.25) is 0 Å². The van der Waals surface area contributed by atoms with Crippen LogP contribution < -0.4 is 11.1 Å². The van der Waals surface area contributed by atoms with Crippen LogP contribution in [0.4, 0.5) is 8.78 Å². The Morgan fingerprint density at radius 2 is 2.04 bits per heavy atom. The van der Waals surface area contributed by atoms with Crippen molar-refractivity contribution < 1.29 is 13.9 Å². The van der Waals surface area contributed by atoms with Crippen molar-refractivity contribution in [3.8, 4) is 0 Å². The summed E-state index contributed by atoms with van der Waals surface area (Å²) in [5.41, 5.74) is 9.77. The highest BCUT2D eigenvalue weighted by atomic mass is 19.1. The van der Waals surface area contributed by atoms with Crippen molar-refractivity contribution in [2.45, 2.75) is 57.2 Å². The van der Waals surface area contributed by atoms with E-state index in [0.717, 1.165) is 48.5 Å². The van der Waals surface area contributed by atoms with Crippen LogP contribution in [0.15, 0.2) is 54.2 Å². The van der Waals surface area contributed by atoms with E-state index in [-0.39, 0.29) is 12.5 Å². The summed E-state index contributed by atoms with van der Waals surface area (Å²) >= 11 is 0. The lowest BCUT2D eigenvalue weighted by molar-refractivity contribution is 0.138. The lowest BCUT2D eigenvalue weighted by Gasteiger charge is -2.30. The van der Waals surface area contributed by atoms with Gasteiger partial charge in [0.05, 0.1) is 6.10 Å². The van der Waals surface area contributed by atoms with Crippen LogP contribution in [0.1, 0.15) is 38.2 Å². The number of aliphatic hydroxyl groups is 1. The molecule has 3 atom stereocenters. The van der Waals surface area contributed by atoms with E-state index < -0.39 is 23.8 Å². The summed E-state index contributed by atoms with van der Waals surface area (Å²) in [7, 11) is 0. The molecule has 1 aromatic rings. The molecule has 27 heavy (non-hydrogen) atoms. The van der Waals surface area contributed by atoms with Crippen molar-refractivity contribution in [1.29, 1.82) is 0 Å². The van der Waals surface area contributed by atoms with Crippen molar-refractivity contribution in [2.75, 3.05) is 6.54 Å². The first kappa shape index (κ1) is 21.5. The predicted molar refractivity (Wildman–Crippen MR) is 106 cm³/mol. The lowest BCUT2D eigenvalue weighted by Crippen LogP contribution is -2.46. The number of halogens is 2. The molecule has 0 heterocycles. The zero-order chi connectivity index (χ0) is 20.0. The molecule has 1 saturated carbocycles. The summed E-state index contributed by atoms with van der Waals surface area (Å²) in [5, 5.41) is 13.8. The SMILES string of the molecule is C=C(/C=C1\C(=C)CCCC1NCC(O)C(N)Cc1cc(F)cc(F)c1)CC. The second-order valence-electron chi connectivity index (χ2n) is 7.28. The summed E-state index contributed by atoms with van der Waals surface area (Å²) in [6.07, 6.45) is 5.29. The third-order valence-electron chi connectivity index (χ3n) is 5.03. The maximum atomic E-state index is 13.3. The van der Waals surface area contributed by atoms with Crippen molar-refractivity contribution in [2.24, 2.45) is 5.73 Å². The Labute approximate surface area is 160 Å². The molecule has 3 nitrogen and oxygen atoms in total. The van der Waals surface area contributed by atoms with Crippen LogP contribution in [-0.4, -0.2) is 29.8 Å². The van der Waals surface area contributed by atoms with Crippen LogP contribution in [-0.2, 0) is 6.42 Å². The molecule has 5 heteroatoms. The molecule has 0 radical (unpaired) electrons. The average molecular weight is 376 g/mol. The quantitative estimate of drug-likeness (QED) is 0.647. The number of hydrogen-bond donors (Lipinski definition) is 3. The Kier molecular flexibility index (Phi) is 7.90. The van der Waals surface area contributed by atoms with Gasteiger partial charge < -0.3 is 16.2 Å². The summed E-state index contributed by atoms with van der Waals surface area (Å²) in [5.74, 6) is -1.28. The molecule has 148 valence electrons. The maximum Gasteiger partial charge on any atom is 0.126 e. The third-order valence-corrected chi connectivity index (χ3v) is 5.03. The van der Waals surface area contributed by atoms with Crippen LogP contribution in [0.3, 0.4) is 0 Å². The maximum absolute atomic E-state index is 13.3. The van der Waals surface area contributed by atoms with E-state index in [9.17, 15) is 13.9 Å². The van der Waals surface area contributed by atoms with Crippen LogP contribution in [0.25, 0.3) is 0 Å². The third kappa shape index (κ3) is 6.38. The van der Waals surface area contributed by atoms with Gasteiger partial charge in [-0.15, -0.1) is 0 Å². The number of nitrogens with two attached hydrogens (primary N) is 1. The summed E-state index contributed by atoms with van der Waals surface area (Å²) < 4.78 is 26.6. The molecule has 3 unspecified atom stereocenters. The van der Waals surface area contributed by atoms with Gasteiger partial charge in [0.15, 0.2) is 0 Å². The number of allylic oxidation sites excluding steroid dienone is 2. The highest BCUT2D eigenvalue weighted by Crippen LogP contribution is 2.29. The predicted octanol–water partition coefficient (Wildman–Crippen LogP) is 3.79. The van der Waals surface area contributed by atoms with Gasteiger partial charge in [0.2, 0.25) is 0 Å². The van der Waals surface area contributed by atoms with Crippen molar-refractivity contribution in [1.82, 2.24) is 5.32 Å². The standard InChI is InChI=1S/C22H30F2N2O/c1-4-14(2)8-19-15(3)6-5-7-21(19)26-13-22(27)20(25)11-16-9-17(23)12-18(24)10-16/h8-10,12,20-22,26-27H,2-7,11,13,25H2,1H3/b19-8+. The molecule has 0 amide bonds. The Bertz CT molecular complexity index is 694. The molecule has 1 aliphatic rings. The van der Waals surface area contributed by atoms with Crippen molar-refractivity contribution in [3.05, 3.63) is 71.4 Å². The van der Waals surface area contributed by atoms with E-state index in [1.54, 1.807) is 0 Å². The molecule has 0 spiro atoms. The van der Waals surface area contributed by atoms with Crippen LogP contribution in [0, 0.1) is 11.6 Å². The number of nitrogens with one attached hydrogen (secondary N) is 1. The van der Waals surface area contributed by atoms with Gasteiger partial charge >= 0.3 is 0 Å². The van der Waals surface area contributed by atoms with Gasteiger partial charge in [-0.05, 0) is 55.4 Å². The molecule has 1 aromatic carbocycles. The van der Waals surface area contributed by atoms with E-state index in [2.05, 4.69) is 31.5 Å². The minimum absolute atomic E-state index is 0.100. The monoisotopic (exact) mass is 376 g/mol. The molecule has 0 bridgehead atoms. The smallest absolute Gasteiger partial charge is 0.126 e. The first-order valence-electron chi connectivity index (χ1n) is 9.49. The number of rotatable bonds is 8. The summed E-state index contributed by atoms with van der Waals surface area (Å²) in [6, 6.07) is 2.78. The molecule has 0 saturated heterocycles. The van der Waals surface area contributed by atoms with Crippen LogP contribution in [0.5, 0.6) is 0 Å². The number of aliphatic hydroxyl groups excluding tert-OH is 1. The second kappa shape index (κ2) is 9.93.